The summed E-state index contributed by atoms with van der Waals surface area (Å²) in [7, 11) is -3.91. The molecule has 23 heavy (non-hydrogen) atoms. The van der Waals surface area contributed by atoms with Crippen LogP contribution in [-0.4, -0.2) is 20.4 Å². The van der Waals surface area contributed by atoms with Crippen molar-refractivity contribution in [2.45, 2.75) is 24.0 Å². The minimum absolute atomic E-state index is 0.0718. The Balaban J connectivity index is 1.94. The first-order chi connectivity index (χ1) is 10.9. The second-order valence-corrected chi connectivity index (χ2v) is 7.25. The summed E-state index contributed by atoms with van der Waals surface area (Å²) in [6, 6.07) is 14.2. The fourth-order valence-corrected chi connectivity index (χ4v) is 3.56. The molecule has 0 aromatic heterocycles. The molecule has 2 aromatic carbocycles. The van der Waals surface area contributed by atoms with Crippen LogP contribution in [0.4, 0.5) is 0 Å². The van der Waals surface area contributed by atoms with Gasteiger partial charge in [0.15, 0.2) is 0 Å². The molecule has 0 aliphatic carbocycles. The molecule has 0 bridgehead atoms. The lowest BCUT2D eigenvalue weighted by Gasteiger charge is -2.15. The molecule has 1 aliphatic rings. The molecule has 2 unspecified atom stereocenters. The van der Waals surface area contributed by atoms with E-state index < -0.39 is 10.0 Å². The van der Waals surface area contributed by atoms with Crippen molar-refractivity contribution in [1.82, 2.24) is 0 Å². The van der Waals surface area contributed by atoms with Crippen molar-refractivity contribution < 1.29 is 13.2 Å². The van der Waals surface area contributed by atoms with Gasteiger partial charge in [-0.1, -0.05) is 41.9 Å². The van der Waals surface area contributed by atoms with Crippen LogP contribution >= 0.6 is 11.6 Å². The number of primary sulfonamides is 1. The van der Waals surface area contributed by atoms with Crippen LogP contribution in [0, 0.1) is 0 Å². The third kappa shape index (κ3) is 3.24. The first-order valence-electron chi connectivity index (χ1n) is 6.98. The maximum atomic E-state index is 11.6. The van der Waals surface area contributed by atoms with Gasteiger partial charge in [-0.05, 0) is 30.7 Å². The summed E-state index contributed by atoms with van der Waals surface area (Å²) in [6.07, 6.45) is -0.209. The predicted octanol–water partition coefficient (Wildman–Crippen LogP) is 2.89. The van der Waals surface area contributed by atoms with E-state index in [1.165, 1.54) is 12.1 Å². The van der Waals surface area contributed by atoms with Gasteiger partial charge < -0.3 is 4.74 Å². The molecule has 2 N–H and O–H groups in total. The highest BCUT2D eigenvalue weighted by atomic mass is 35.5. The van der Waals surface area contributed by atoms with Crippen LogP contribution in [-0.2, 0) is 14.8 Å². The smallest absolute Gasteiger partial charge is 0.239 e. The fraction of sp³-hybridized carbons (Fsp3) is 0.188. The molecule has 2 aromatic rings. The number of nitrogens with zero attached hydrogens (tertiary/aromatic N) is 1. The molecule has 0 saturated heterocycles. The molecule has 1 heterocycles. The average molecular weight is 351 g/mol. The van der Waals surface area contributed by atoms with Gasteiger partial charge in [0.1, 0.15) is 11.0 Å². The van der Waals surface area contributed by atoms with Crippen LogP contribution in [0.2, 0.25) is 5.02 Å². The number of rotatable bonds is 3. The van der Waals surface area contributed by atoms with E-state index in [1.807, 2.05) is 37.3 Å². The van der Waals surface area contributed by atoms with Crippen molar-refractivity contribution in [1.29, 1.82) is 0 Å². The topological polar surface area (TPSA) is 81.8 Å². The summed E-state index contributed by atoms with van der Waals surface area (Å²) in [6.45, 7) is 1.95. The van der Waals surface area contributed by atoms with E-state index in [1.54, 1.807) is 6.07 Å². The first kappa shape index (κ1) is 16.0. The zero-order valence-corrected chi connectivity index (χ0v) is 13.9. The van der Waals surface area contributed by atoms with Gasteiger partial charge in [0.25, 0.3) is 0 Å². The third-order valence-electron chi connectivity index (χ3n) is 3.61. The Kier molecular flexibility index (Phi) is 4.14. The Labute approximate surface area is 139 Å². The van der Waals surface area contributed by atoms with Gasteiger partial charge in [-0.3, -0.25) is 0 Å². The lowest BCUT2D eigenvalue weighted by molar-refractivity contribution is 0.202. The van der Waals surface area contributed by atoms with Crippen molar-refractivity contribution in [2.75, 3.05) is 0 Å². The van der Waals surface area contributed by atoms with Gasteiger partial charge in [-0.25, -0.2) is 18.5 Å². The summed E-state index contributed by atoms with van der Waals surface area (Å²) < 4.78 is 29.1. The Morgan fingerprint density at radius 3 is 2.52 bits per heavy atom. The van der Waals surface area contributed by atoms with Gasteiger partial charge in [0.2, 0.25) is 15.9 Å². The van der Waals surface area contributed by atoms with Gasteiger partial charge in [0, 0.05) is 5.56 Å². The second kappa shape index (κ2) is 5.96. The van der Waals surface area contributed by atoms with E-state index >= 15 is 0 Å². The zero-order chi connectivity index (χ0) is 16.6. The van der Waals surface area contributed by atoms with Gasteiger partial charge >= 0.3 is 0 Å². The monoisotopic (exact) mass is 350 g/mol. The number of hydrogen-bond acceptors (Lipinski definition) is 4. The Bertz CT molecular complexity index is 866. The normalized spacial score (nSPS) is 20.9. The first-order valence-corrected chi connectivity index (χ1v) is 8.91. The highest BCUT2D eigenvalue weighted by Gasteiger charge is 2.30. The predicted molar refractivity (Wildman–Crippen MR) is 89.1 cm³/mol. The SMILES string of the molecule is CC1N=C(c2ccc(Cl)c(S(N)(=O)=O)c2)OC1c1ccccc1. The van der Waals surface area contributed by atoms with E-state index in [9.17, 15) is 8.42 Å². The Hall–Kier alpha value is -1.89. The minimum atomic E-state index is -3.91. The molecule has 3 rings (SSSR count). The van der Waals surface area contributed by atoms with Gasteiger partial charge in [-0.2, -0.15) is 0 Å². The van der Waals surface area contributed by atoms with Crippen molar-refractivity contribution in [3.05, 3.63) is 64.7 Å². The number of aliphatic imine (C=N–C) groups is 1. The van der Waals surface area contributed by atoms with Crippen LogP contribution in [0.25, 0.3) is 0 Å². The molecule has 0 radical (unpaired) electrons. The fourth-order valence-electron chi connectivity index (χ4n) is 2.49. The number of halogens is 1. The average Bonchev–Trinajstić information content (AvgIpc) is 2.89. The van der Waals surface area contributed by atoms with E-state index in [0.29, 0.717) is 11.5 Å². The zero-order valence-electron chi connectivity index (χ0n) is 12.3. The van der Waals surface area contributed by atoms with Crippen molar-refractivity contribution in [3.8, 4) is 0 Å². The van der Waals surface area contributed by atoms with Crippen LogP contribution in [0.3, 0.4) is 0 Å². The Morgan fingerprint density at radius 2 is 1.87 bits per heavy atom. The van der Waals surface area contributed by atoms with Gasteiger partial charge in [0.05, 0.1) is 11.1 Å². The molecule has 0 amide bonds. The van der Waals surface area contributed by atoms with Crippen LogP contribution in [0.1, 0.15) is 24.2 Å². The summed E-state index contributed by atoms with van der Waals surface area (Å²) in [4.78, 5) is 4.35. The van der Waals surface area contributed by atoms with Gasteiger partial charge in [-0.15, -0.1) is 0 Å². The quantitative estimate of drug-likeness (QED) is 0.924. The van der Waals surface area contributed by atoms with E-state index in [2.05, 4.69) is 4.99 Å². The van der Waals surface area contributed by atoms with E-state index in [-0.39, 0.29) is 22.1 Å². The number of benzene rings is 2. The van der Waals surface area contributed by atoms with Crippen LogP contribution in [0.5, 0.6) is 0 Å². The molecule has 0 saturated carbocycles. The molecule has 1 aliphatic heterocycles. The highest BCUT2D eigenvalue weighted by molar-refractivity contribution is 7.89. The molecule has 5 nitrogen and oxygen atoms in total. The molecular weight excluding hydrogens is 336 g/mol. The summed E-state index contributed by atoms with van der Waals surface area (Å²) in [5.41, 5.74) is 1.54. The standard InChI is InChI=1S/C16H15ClN2O3S/c1-10-15(11-5-3-2-4-6-11)22-16(19-10)12-7-8-13(17)14(9-12)23(18,20)21/h2-10,15H,1H3,(H2,18,20,21). The van der Waals surface area contributed by atoms with Crippen molar-refractivity contribution in [3.63, 3.8) is 0 Å². The lowest BCUT2D eigenvalue weighted by Crippen LogP contribution is -2.14. The second-order valence-electron chi connectivity index (χ2n) is 5.31. The molecule has 120 valence electrons. The van der Waals surface area contributed by atoms with Crippen molar-refractivity contribution >= 4 is 27.5 Å². The highest BCUT2D eigenvalue weighted by Crippen LogP contribution is 2.32. The molecule has 7 heteroatoms. The van der Waals surface area contributed by atoms with Crippen molar-refractivity contribution in [2.24, 2.45) is 10.1 Å². The Morgan fingerprint density at radius 1 is 1.17 bits per heavy atom. The lowest BCUT2D eigenvalue weighted by atomic mass is 10.0. The molecule has 0 fully saturated rings. The largest absolute Gasteiger partial charge is 0.467 e. The molecule has 2 atom stereocenters. The summed E-state index contributed by atoms with van der Waals surface area (Å²) >= 11 is 5.90. The minimum Gasteiger partial charge on any atom is -0.467 e. The number of ether oxygens (including phenoxy) is 1. The summed E-state index contributed by atoms with van der Waals surface area (Å²) in [5.74, 6) is 0.382. The molecular formula is C16H15ClN2O3S. The third-order valence-corrected chi connectivity index (χ3v) is 5.00. The number of sulfonamides is 1. The molecule has 0 spiro atoms. The summed E-state index contributed by atoms with van der Waals surface area (Å²) in [5, 5.41) is 5.25. The maximum absolute atomic E-state index is 11.6. The number of nitrogens with two attached hydrogens (primary N) is 1. The van der Waals surface area contributed by atoms with Crippen LogP contribution in [0.15, 0.2) is 58.4 Å². The van der Waals surface area contributed by atoms with E-state index in [0.717, 1.165) is 5.56 Å². The number of hydrogen-bond donors (Lipinski definition) is 1. The van der Waals surface area contributed by atoms with E-state index in [4.69, 9.17) is 21.5 Å². The maximum Gasteiger partial charge on any atom is 0.239 e. The van der Waals surface area contributed by atoms with Crippen LogP contribution < -0.4 is 5.14 Å².